The molecular weight excluding hydrogens is 300 g/mol. The summed E-state index contributed by atoms with van der Waals surface area (Å²) in [5.41, 5.74) is 6.38. The lowest BCUT2D eigenvalue weighted by Crippen LogP contribution is -2.40. The van der Waals surface area contributed by atoms with Crippen LogP contribution in [-0.4, -0.2) is 23.0 Å². The van der Waals surface area contributed by atoms with Gasteiger partial charge in [-0.2, -0.15) is 0 Å². The van der Waals surface area contributed by atoms with Crippen LogP contribution in [0.2, 0.25) is 0 Å². The van der Waals surface area contributed by atoms with E-state index in [1.165, 1.54) is 12.1 Å². The van der Waals surface area contributed by atoms with Crippen molar-refractivity contribution < 1.29 is 14.7 Å². The molecule has 0 aliphatic carbocycles. The standard InChI is InChI=1S/C12H11BrN2O3/c1-2-3-10(12(17)18)15-11(16)7-4-5-9(14)8(13)6-7/h1,4-6,10H,3,14H2,(H,15,16)(H,17,18). The van der Waals surface area contributed by atoms with Gasteiger partial charge in [0.15, 0.2) is 0 Å². The lowest BCUT2D eigenvalue weighted by atomic mass is 10.1. The van der Waals surface area contributed by atoms with Gasteiger partial charge in [0.05, 0.1) is 0 Å². The van der Waals surface area contributed by atoms with Crippen molar-refractivity contribution in [3.63, 3.8) is 0 Å². The summed E-state index contributed by atoms with van der Waals surface area (Å²) in [4.78, 5) is 22.6. The molecular formula is C12H11BrN2O3. The minimum atomic E-state index is -1.17. The zero-order valence-corrected chi connectivity index (χ0v) is 10.9. The first-order valence-electron chi connectivity index (χ1n) is 4.98. The Morgan fingerprint density at radius 1 is 1.56 bits per heavy atom. The number of carbonyl (C=O) groups is 2. The number of benzene rings is 1. The van der Waals surface area contributed by atoms with Gasteiger partial charge in [-0.1, -0.05) is 0 Å². The number of anilines is 1. The Kier molecular flexibility index (Phi) is 4.75. The van der Waals surface area contributed by atoms with E-state index in [9.17, 15) is 9.59 Å². The fraction of sp³-hybridized carbons (Fsp3) is 0.167. The maximum Gasteiger partial charge on any atom is 0.327 e. The second kappa shape index (κ2) is 6.07. The third-order valence-corrected chi connectivity index (χ3v) is 2.87. The lowest BCUT2D eigenvalue weighted by Gasteiger charge is -2.12. The molecule has 0 radical (unpaired) electrons. The number of carboxylic acids is 1. The van der Waals surface area contributed by atoms with Gasteiger partial charge in [-0.25, -0.2) is 4.79 Å². The van der Waals surface area contributed by atoms with Crippen LogP contribution < -0.4 is 11.1 Å². The predicted molar refractivity (Wildman–Crippen MR) is 70.9 cm³/mol. The molecule has 0 aromatic heterocycles. The van der Waals surface area contributed by atoms with E-state index < -0.39 is 17.9 Å². The molecule has 1 rings (SSSR count). The summed E-state index contributed by atoms with van der Waals surface area (Å²) in [5.74, 6) is 0.516. The molecule has 1 aromatic carbocycles. The molecule has 0 aliphatic rings. The number of carboxylic acid groups (broad SMARTS) is 1. The van der Waals surface area contributed by atoms with Crippen molar-refractivity contribution in [2.24, 2.45) is 0 Å². The van der Waals surface area contributed by atoms with Gasteiger partial charge in [-0.05, 0) is 34.1 Å². The number of halogens is 1. The number of nitrogens with one attached hydrogen (secondary N) is 1. The van der Waals surface area contributed by atoms with Crippen molar-refractivity contribution >= 4 is 33.5 Å². The number of nitrogen functional groups attached to an aromatic ring is 1. The summed E-state index contributed by atoms with van der Waals surface area (Å²) in [6, 6.07) is 3.47. The van der Waals surface area contributed by atoms with Crippen LogP contribution in [0.1, 0.15) is 16.8 Å². The van der Waals surface area contributed by atoms with Crippen LogP contribution in [0.25, 0.3) is 0 Å². The SMILES string of the molecule is C#CCC(NC(=O)c1ccc(N)c(Br)c1)C(=O)O. The van der Waals surface area contributed by atoms with Gasteiger partial charge in [-0.15, -0.1) is 12.3 Å². The molecule has 1 aromatic rings. The monoisotopic (exact) mass is 310 g/mol. The van der Waals surface area contributed by atoms with E-state index in [2.05, 4.69) is 27.2 Å². The van der Waals surface area contributed by atoms with Crippen LogP contribution >= 0.6 is 15.9 Å². The van der Waals surface area contributed by atoms with Gasteiger partial charge in [0.2, 0.25) is 0 Å². The fourth-order valence-corrected chi connectivity index (χ4v) is 1.61. The highest BCUT2D eigenvalue weighted by Crippen LogP contribution is 2.20. The summed E-state index contributed by atoms with van der Waals surface area (Å²) < 4.78 is 0.568. The molecule has 0 saturated carbocycles. The molecule has 0 saturated heterocycles. The van der Waals surface area contributed by atoms with Crippen LogP contribution in [0.3, 0.4) is 0 Å². The van der Waals surface area contributed by atoms with Crippen molar-refractivity contribution in [3.8, 4) is 12.3 Å². The van der Waals surface area contributed by atoms with E-state index in [-0.39, 0.29) is 6.42 Å². The van der Waals surface area contributed by atoms with Gasteiger partial charge in [-0.3, -0.25) is 4.79 Å². The zero-order chi connectivity index (χ0) is 13.7. The fourth-order valence-electron chi connectivity index (χ4n) is 1.23. The highest BCUT2D eigenvalue weighted by molar-refractivity contribution is 9.10. The summed E-state index contributed by atoms with van der Waals surface area (Å²) in [6.07, 6.45) is 4.96. The smallest absolute Gasteiger partial charge is 0.327 e. The number of hydrogen-bond acceptors (Lipinski definition) is 3. The van der Waals surface area contributed by atoms with E-state index >= 15 is 0 Å². The van der Waals surface area contributed by atoms with E-state index in [4.69, 9.17) is 17.3 Å². The topological polar surface area (TPSA) is 92.4 Å². The van der Waals surface area contributed by atoms with Gasteiger partial charge in [0.1, 0.15) is 6.04 Å². The molecule has 4 N–H and O–H groups in total. The lowest BCUT2D eigenvalue weighted by molar-refractivity contribution is -0.139. The average Bonchev–Trinajstić information content (AvgIpc) is 2.31. The minimum Gasteiger partial charge on any atom is -0.480 e. The van der Waals surface area contributed by atoms with Crippen molar-refractivity contribution in [1.82, 2.24) is 5.32 Å². The molecule has 1 unspecified atom stereocenters. The molecule has 18 heavy (non-hydrogen) atoms. The van der Waals surface area contributed by atoms with Crippen molar-refractivity contribution in [2.45, 2.75) is 12.5 Å². The van der Waals surface area contributed by atoms with Gasteiger partial charge < -0.3 is 16.2 Å². The third-order valence-electron chi connectivity index (χ3n) is 2.19. The van der Waals surface area contributed by atoms with Crippen molar-refractivity contribution in [2.75, 3.05) is 5.73 Å². The molecule has 0 bridgehead atoms. The molecule has 0 spiro atoms. The van der Waals surface area contributed by atoms with Gasteiger partial charge in [0, 0.05) is 22.1 Å². The first-order chi connectivity index (χ1) is 8.45. The van der Waals surface area contributed by atoms with E-state index in [1.807, 2.05) is 0 Å². The van der Waals surface area contributed by atoms with Crippen LogP contribution in [0.15, 0.2) is 22.7 Å². The predicted octanol–water partition coefficient (Wildman–Crippen LogP) is 1.24. The second-order valence-electron chi connectivity index (χ2n) is 3.51. The average molecular weight is 311 g/mol. The summed E-state index contributed by atoms with van der Waals surface area (Å²) in [6.45, 7) is 0. The van der Waals surface area contributed by atoms with Crippen LogP contribution in [0.5, 0.6) is 0 Å². The maximum absolute atomic E-state index is 11.8. The first kappa shape index (κ1) is 14.1. The second-order valence-corrected chi connectivity index (χ2v) is 4.36. The summed E-state index contributed by atoms with van der Waals surface area (Å²) in [7, 11) is 0. The Morgan fingerprint density at radius 3 is 2.72 bits per heavy atom. The summed E-state index contributed by atoms with van der Waals surface area (Å²) >= 11 is 3.19. The molecule has 1 amide bonds. The highest BCUT2D eigenvalue weighted by atomic mass is 79.9. The molecule has 0 aliphatic heterocycles. The molecule has 0 heterocycles. The number of terminal acetylenes is 1. The molecule has 1 atom stereocenters. The largest absolute Gasteiger partial charge is 0.480 e. The number of hydrogen-bond donors (Lipinski definition) is 3. The Balaban J connectivity index is 2.84. The Labute approximate surface area is 112 Å². The Hall–Kier alpha value is -2.00. The van der Waals surface area contributed by atoms with E-state index in [0.29, 0.717) is 15.7 Å². The quantitative estimate of drug-likeness (QED) is 0.576. The normalized spacial score (nSPS) is 11.3. The molecule has 0 fully saturated rings. The Morgan fingerprint density at radius 2 is 2.22 bits per heavy atom. The third kappa shape index (κ3) is 3.50. The first-order valence-corrected chi connectivity index (χ1v) is 5.77. The Bertz CT molecular complexity index is 523. The number of aliphatic carboxylic acids is 1. The molecule has 6 heteroatoms. The van der Waals surface area contributed by atoms with E-state index in [0.717, 1.165) is 0 Å². The van der Waals surface area contributed by atoms with Crippen LogP contribution in [0, 0.1) is 12.3 Å². The molecule has 5 nitrogen and oxygen atoms in total. The number of amides is 1. The van der Waals surface area contributed by atoms with Crippen LogP contribution in [0.4, 0.5) is 5.69 Å². The number of nitrogens with two attached hydrogens (primary N) is 1. The van der Waals surface area contributed by atoms with Crippen LogP contribution in [-0.2, 0) is 4.79 Å². The van der Waals surface area contributed by atoms with E-state index in [1.54, 1.807) is 6.07 Å². The number of carbonyl (C=O) groups excluding carboxylic acids is 1. The van der Waals surface area contributed by atoms with Crippen molar-refractivity contribution in [1.29, 1.82) is 0 Å². The highest BCUT2D eigenvalue weighted by Gasteiger charge is 2.19. The maximum atomic E-state index is 11.8. The van der Waals surface area contributed by atoms with Gasteiger partial charge in [0.25, 0.3) is 5.91 Å². The molecule has 94 valence electrons. The number of rotatable bonds is 4. The summed E-state index contributed by atoms with van der Waals surface area (Å²) in [5, 5.41) is 11.2. The zero-order valence-electron chi connectivity index (χ0n) is 9.31. The van der Waals surface area contributed by atoms with Crippen molar-refractivity contribution in [3.05, 3.63) is 28.2 Å². The van der Waals surface area contributed by atoms with Gasteiger partial charge >= 0.3 is 5.97 Å². The minimum absolute atomic E-state index is 0.0722.